The van der Waals surface area contributed by atoms with E-state index in [1.807, 2.05) is 42.5 Å². The summed E-state index contributed by atoms with van der Waals surface area (Å²) in [5, 5.41) is 5.02. The van der Waals surface area contributed by atoms with Gasteiger partial charge in [0, 0.05) is 26.7 Å². The molecule has 0 unspecified atom stereocenters. The fourth-order valence-corrected chi connectivity index (χ4v) is 4.19. The first kappa shape index (κ1) is 17.6. The van der Waals surface area contributed by atoms with E-state index >= 15 is 0 Å². The lowest BCUT2D eigenvalue weighted by Crippen LogP contribution is -1.98. The Morgan fingerprint density at radius 2 is 1.89 bits per heavy atom. The van der Waals surface area contributed by atoms with Crippen LogP contribution >= 0.6 is 22.9 Å². The largest absolute Gasteiger partial charge is 0.340 e. The van der Waals surface area contributed by atoms with Gasteiger partial charge in [0.1, 0.15) is 17.0 Å². The number of nitrogens with one attached hydrogen (secondary N) is 1. The van der Waals surface area contributed by atoms with Crippen LogP contribution in [0.4, 0.5) is 11.5 Å². The Morgan fingerprint density at radius 3 is 2.63 bits per heavy atom. The zero-order chi connectivity index (χ0) is 19.0. The van der Waals surface area contributed by atoms with E-state index < -0.39 is 0 Å². The summed E-state index contributed by atoms with van der Waals surface area (Å²) in [6.07, 6.45) is 1.56. The van der Waals surface area contributed by atoms with Gasteiger partial charge < -0.3 is 5.32 Å². The molecule has 0 bridgehead atoms. The van der Waals surface area contributed by atoms with Gasteiger partial charge in [0.2, 0.25) is 0 Å². The Hall–Kier alpha value is -2.76. The molecule has 0 amide bonds. The minimum Gasteiger partial charge on any atom is -0.340 e. The van der Waals surface area contributed by atoms with E-state index in [4.69, 9.17) is 11.6 Å². The number of thiophene rings is 1. The molecule has 0 spiro atoms. The van der Waals surface area contributed by atoms with Crippen LogP contribution in [0.2, 0.25) is 5.02 Å². The van der Waals surface area contributed by atoms with Crippen LogP contribution in [0, 0.1) is 6.92 Å². The number of rotatable bonds is 4. The second kappa shape index (κ2) is 7.10. The lowest BCUT2D eigenvalue weighted by Gasteiger charge is -2.10. The summed E-state index contributed by atoms with van der Waals surface area (Å²) in [6, 6.07) is 15.2. The van der Waals surface area contributed by atoms with Crippen molar-refractivity contribution >= 4 is 50.4 Å². The summed E-state index contributed by atoms with van der Waals surface area (Å²) in [7, 11) is 0. The smallest absolute Gasteiger partial charge is 0.159 e. The summed E-state index contributed by atoms with van der Waals surface area (Å²) in [5.74, 6) is 0.745. The minimum absolute atomic E-state index is 0.0275. The van der Waals surface area contributed by atoms with Crippen LogP contribution in [-0.2, 0) is 0 Å². The van der Waals surface area contributed by atoms with Crippen LogP contribution in [0.5, 0.6) is 0 Å². The molecule has 27 heavy (non-hydrogen) atoms. The molecule has 2 aromatic heterocycles. The van der Waals surface area contributed by atoms with Crippen molar-refractivity contribution in [2.75, 3.05) is 5.32 Å². The monoisotopic (exact) mass is 393 g/mol. The number of carbonyl (C=O) groups is 1. The topological polar surface area (TPSA) is 54.9 Å². The molecule has 4 aromatic rings. The maximum absolute atomic E-state index is 11.7. The van der Waals surface area contributed by atoms with Crippen LogP contribution in [0.25, 0.3) is 21.3 Å². The average molecular weight is 394 g/mol. The van der Waals surface area contributed by atoms with E-state index in [9.17, 15) is 4.79 Å². The lowest BCUT2D eigenvalue weighted by atomic mass is 10.0. The molecule has 6 heteroatoms. The zero-order valence-electron chi connectivity index (χ0n) is 14.8. The van der Waals surface area contributed by atoms with Gasteiger partial charge in [0.05, 0.1) is 5.39 Å². The van der Waals surface area contributed by atoms with Gasteiger partial charge in [-0.25, -0.2) is 9.97 Å². The second-order valence-corrected chi connectivity index (χ2v) is 7.84. The molecular weight excluding hydrogens is 378 g/mol. The molecule has 0 radical (unpaired) electrons. The van der Waals surface area contributed by atoms with Gasteiger partial charge in [-0.15, -0.1) is 11.3 Å². The number of carbonyl (C=O) groups excluding carboxylic acids is 1. The summed E-state index contributed by atoms with van der Waals surface area (Å²) in [5.41, 5.74) is 3.63. The highest BCUT2D eigenvalue weighted by Crippen LogP contribution is 2.41. The summed E-state index contributed by atoms with van der Waals surface area (Å²) in [6.45, 7) is 3.64. The SMILES string of the molecule is CC(=O)c1cccc(Nc2ncnc3sc(C)c(-c4ccc(Cl)cc4)c23)c1. The van der Waals surface area contributed by atoms with Crippen molar-refractivity contribution in [3.8, 4) is 11.1 Å². The van der Waals surface area contributed by atoms with Crippen LogP contribution in [0.15, 0.2) is 54.9 Å². The number of halogens is 1. The van der Waals surface area contributed by atoms with Gasteiger partial charge in [-0.05, 0) is 43.7 Å². The predicted molar refractivity (Wildman–Crippen MR) is 112 cm³/mol. The van der Waals surface area contributed by atoms with Gasteiger partial charge in [0.15, 0.2) is 5.78 Å². The molecule has 1 N–H and O–H groups in total. The Labute approximate surface area is 165 Å². The number of benzene rings is 2. The molecule has 0 atom stereocenters. The Balaban J connectivity index is 1.85. The van der Waals surface area contributed by atoms with Gasteiger partial charge in [-0.3, -0.25) is 4.79 Å². The molecule has 0 saturated heterocycles. The van der Waals surface area contributed by atoms with E-state index in [2.05, 4.69) is 22.2 Å². The molecule has 4 rings (SSSR count). The average Bonchev–Trinajstić information content (AvgIpc) is 2.99. The van der Waals surface area contributed by atoms with Crippen molar-refractivity contribution in [2.45, 2.75) is 13.8 Å². The van der Waals surface area contributed by atoms with Crippen molar-refractivity contribution in [1.82, 2.24) is 9.97 Å². The third-order valence-corrected chi connectivity index (χ3v) is 5.59. The van der Waals surface area contributed by atoms with Gasteiger partial charge in [-0.1, -0.05) is 35.9 Å². The first-order valence-electron chi connectivity index (χ1n) is 8.41. The number of hydrogen-bond acceptors (Lipinski definition) is 5. The van der Waals surface area contributed by atoms with Gasteiger partial charge in [-0.2, -0.15) is 0 Å². The number of fused-ring (bicyclic) bond motifs is 1. The van der Waals surface area contributed by atoms with Crippen molar-refractivity contribution in [3.63, 3.8) is 0 Å². The van der Waals surface area contributed by atoms with Crippen LogP contribution in [-0.4, -0.2) is 15.8 Å². The summed E-state index contributed by atoms with van der Waals surface area (Å²) < 4.78 is 0. The fourth-order valence-electron chi connectivity index (χ4n) is 3.06. The maximum Gasteiger partial charge on any atom is 0.159 e. The third kappa shape index (κ3) is 3.44. The van der Waals surface area contributed by atoms with Crippen LogP contribution in [0.1, 0.15) is 22.2 Å². The molecule has 2 aromatic carbocycles. The van der Waals surface area contributed by atoms with E-state index in [0.717, 1.165) is 37.7 Å². The normalized spacial score (nSPS) is 10.9. The predicted octanol–water partition coefficient (Wildman–Crippen LogP) is 6.27. The van der Waals surface area contributed by atoms with Crippen molar-refractivity contribution in [1.29, 1.82) is 0 Å². The summed E-state index contributed by atoms with van der Waals surface area (Å²) >= 11 is 7.68. The number of anilines is 2. The fraction of sp³-hybridized carbons (Fsp3) is 0.0952. The molecule has 0 aliphatic carbocycles. The molecule has 2 heterocycles. The second-order valence-electron chi connectivity index (χ2n) is 6.20. The molecule has 0 aliphatic heterocycles. The third-order valence-electron chi connectivity index (χ3n) is 4.33. The van der Waals surface area contributed by atoms with Crippen molar-refractivity contribution in [3.05, 3.63) is 70.3 Å². The van der Waals surface area contributed by atoms with Crippen LogP contribution in [0.3, 0.4) is 0 Å². The molecular formula is C21H16ClN3OS. The van der Waals surface area contributed by atoms with Gasteiger partial charge in [0.25, 0.3) is 0 Å². The van der Waals surface area contributed by atoms with E-state index in [1.165, 1.54) is 0 Å². The van der Waals surface area contributed by atoms with E-state index in [0.29, 0.717) is 10.6 Å². The van der Waals surface area contributed by atoms with Crippen molar-refractivity contribution < 1.29 is 4.79 Å². The number of hydrogen-bond donors (Lipinski definition) is 1. The van der Waals surface area contributed by atoms with Gasteiger partial charge >= 0.3 is 0 Å². The molecule has 4 nitrogen and oxygen atoms in total. The number of ketones is 1. The molecule has 0 saturated carbocycles. The highest BCUT2D eigenvalue weighted by Gasteiger charge is 2.17. The standard InChI is InChI=1S/C21H16ClN3OS/c1-12(26)15-4-3-5-17(10-15)25-20-19-18(14-6-8-16(22)9-7-14)13(2)27-21(19)24-11-23-20/h3-11H,1-2H3,(H,23,24,25). The first-order chi connectivity index (χ1) is 13.0. The Kier molecular flexibility index (Phi) is 4.64. The zero-order valence-corrected chi connectivity index (χ0v) is 16.4. The maximum atomic E-state index is 11.7. The number of aryl methyl sites for hydroxylation is 1. The quantitative estimate of drug-likeness (QED) is 0.415. The van der Waals surface area contributed by atoms with E-state index in [-0.39, 0.29) is 5.78 Å². The van der Waals surface area contributed by atoms with E-state index in [1.54, 1.807) is 30.7 Å². The molecule has 0 aliphatic rings. The number of Topliss-reactive ketones (excluding diaryl/α,β-unsaturated/α-hetero) is 1. The highest BCUT2D eigenvalue weighted by atomic mass is 35.5. The minimum atomic E-state index is 0.0275. The van der Waals surface area contributed by atoms with Crippen LogP contribution < -0.4 is 5.32 Å². The Morgan fingerprint density at radius 1 is 1.11 bits per heavy atom. The Bertz CT molecular complexity index is 1150. The van der Waals surface area contributed by atoms with Crippen molar-refractivity contribution in [2.24, 2.45) is 0 Å². The number of nitrogens with zero attached hydrogens (tertiary/aromatic N) is 2. The summed E-state index contributed by atoms with van der Waals surface area (Å²) in [4.78, 5) is 22.7. The molecule has 134 valence electrons. The lowest BCUT2D eigenvalue weighted by molar-refractivity contribution is 0.101. The first-order valence-corrected chi connectivity index (χ1v) is 9.60. The number of aromatic nitrogens is 2. The molecule has 0 fully saturated rings. The highest BCUT2D eigenvalue weighted by molar-refractivity contribution is 7.19.